The third-order valence-electron chi connectivity index (χ3n) is 3.54. The van der Waals surface area contributed by atoms with Gasteiger partial charge in [-0.15, -0.1) is 0 Å². The molecule has 1 fully saturated rings. The summed E-state index contributed by atoms with van der Waals surface area (Å²) in [7, 11) is 0. The van der Waals surface area contributed by atoms with Gasteiger partial charge in [-0.3, -0.25) is 9.59 Å². The van der Waals surface area contributed by atoms with E-state index in [0.717, 1.165) is 18.4 Å². The molecule has 4 nitrogen and oxygen atoms in total. The molecule has 2 rings (SSSR count). The van der Waals surface area contributed by atoms with Crippen molar-refractivity contribution < 1.29 is 9.59 Å². The summed E-state index contributed by atoms with van der Waals surface area (Å²) in [5.41, 5.74) is 6.38. The Kier molecular flexibility index (Phi) is 4.01. The van der Waals surface area contributed by atoms with Crippen LogP contribution in [0, 0.1) is 5.92 Å². The van der Waals surface area contributed by atoms with Gasteiger partial charge in [0.1, 0.15) is 0 Å². The second-order valence-electron chi connectivity index (χ2n) is 4.88. The Morgan fingerprint density at radius 2 is 2.28 bits per heavy atom. The highest BCUT2D eigenvalue weighted by atomic mass is 32.1. The van der Waals surface area contributed by atoms with Crippen molar-refractivity contribution in [2.75, 3.05) is 6.54 Å². The zero-order chi connectivity index (χ0) is 13.1. The van der Waals surface area contributed by atoms with Gasteiger partial charge in [0.05, 0.1) is 12.3 Å². The van der Waals surface area contributed by atoms with E-state index in [1.807, 2.05) is 23.8 Å². The SMILES string of the molecule is CC1CCC(C(N)=O)CN1C(=O)Cc1ccsc1. The van der Waals surface area contributed by atoms with Crippen molar-refractivity contribution in [3.05, 3.63) is 22.4 Å². The molecule has 0 spiro atoms. The number of nitrogens with two attached hydrogens (primary N) is 1. The Balaban J connectivity index is 2.01. The number of nitrogens with zero attached hydrogens (tertiary/aromatic N) is 1. The molecule has 0 bridgehead atoms. The van der Waals surface area contributed by atoms with Crippen molar-refractivity contribution in [1.82, 2.24) is 4.90 Å². The van der Waals surface area contributed by atoms with Crippen LogP contribution in [0.25, 0.3) is 0 Å². The summed E-state index contributed by atoms with van der Waals surface area (Å²) in [6, 6.07) is 2.16. The Morgan fingerprint density at radius 1 is 1.50 bits per heavy atom. The van der Waals surface area contributed by atoms with E-state index in [9.17, 15) is 9.59 Å². The highest BCUT2D eigenvalue weighted by molar-refractivity contribution is 7.07. The Morgan fingerprint density at radius 3 is 2.89 bits per heavy atom. The van der Waals surface area contributed by atoms with Gasteiger partial charge in [0.15, 0.2) is 0 Å². The topological polar surface area (TPSA) is 63.4 Å². The zero-order valence-electron chi connectivity index (χ0n) is 10.5. The quantitative estimate of drug-likeness (QED) is 0.899. The summed E-state index contributed by atoms with van der Waals surface area (Å²) < 4.78 is 0. The molecule has 18 heavy (non-hydrogen) atoms. The van der Waals surface area contributed by atoms with E-state index in [2.05, 4.69) is 0 Å². The molecule has 2 atom stereocenters. The van der Waals surface area contributed by atoms with E-state index in [-0.39, 0.29) is 23.8 Å². The summed E-state index contributed by atoms with van der Waals surface area (Å²) in [6.07, 6.45) is 2.06. The van der Waals surface area contributed by atoms with Crippen LogP contribution < -0.4 is 5.73 Å². The first-order valence-corrected chi connectivity index (χ1v) is 7.12. The van der Waals surface area contributed by atoms with Crippen LogP contribution in [-0.4, -0.2) is 29.3 Å². The van der Waals surface area contributed by atoms with Crippen LogP contribution in [0.3, 0.4) is 0 Å². The number of rotatable bonds is 3. The van der Waals surface area contributed by atoms with Gasteiger partial charge in [-0.2, -0.15) is 11.3 Å². The van der Waals surface area contributed by atoms with Crippen LogP contribution in [0.15, 0.2) is 16.8 Å². The van der Waals surface area contributed by atoms with E-state index >= 15 is 0 Å². The third kappa shape index (κ3) is 2.90. The van der Waals surface area contributed by atoms with Crippen molar-refractivity contribution in [2.45, 2.75) is 32.2 Å². The first-order valence-electron chi connectivity index (χ1n) is 6.17. The standard InChI is InChI=1S/C13H18N2O2S/c1-9-2-3-11(13(14)17)7-15(9)12(16)6-10-4-5-18-8-10/h4-5,8-9,11H,2-3,6-7H2,1H3,(H2,14,17). The molecule has 2 amide bonds. The predicted molar refractivity (Wildman–Crippen MR) is 71.1 cm³/mol. The smallest absolute Gasteiger partial charge is 0.227 e. The van der Waals surface area contributed by atoms with Gasteiger partial charge in [0.2, 0.25) is 11.8 Å². The summed E-state index contributed by atoms with van der Waals surface area (Å²) in [6.45, 7) is 2.50. The van der Waals surface area contributed by atoms with E-state index in [1.54, 1.807) is 16.2 Å². The number of thiophene rings is 1. The second kappa shape index (κ2) is 5.52. The minimum Gasteiger partial charge on any atom is -0.369 e. The molecule has 98 valence electrons. The highest BCUT2D eigenvalue weighted by Crippen LogP contribution is 2.22. The number of carbonyl (C=O) groups excluding carboxylic acids is 2. The molecule has 2 heterocycles. The number of carbonyl (C=O) groups is 2. The minimum atomic E-state index is -0.296. The average molecular weight is 266 g/mol. The van der Waals surface area contributed by atoms with Gasteiger partial charge >= 0.3 is 0 Å². The molecule has 1 aromatic heterocycles. The molecule has 0 aliphatic carbocycles. The van der Waals surface area contributed by atoms with Gasteiger partial charge < -0.3 is 10.6 Å². The molecular weight excluding hydrogens is 248 g/mol. The van der Waals surface area contributed by atoms with Crippen molar-refractivity contribution in [2.24, 2.45) is 11.7 Å². The van der Waals surface area contributed by atoms with Crippen LogP contribution >= 0.6 is 11.3 Å². The van der Waals surface area contributed by atoms with E-state index < -0.39 is 0 Å². The molecule has 0 aromatic carbocycles. The molecule has 1 aliphatic heterocycles. The summed E-state index contributed by atoms with van der Waals surface area (Å²) in [5, 5.41) is 3.95. The summed E-state index contributed by atoms with van der Waals surface area (Å²) >= 11 is 1.59. The number of hydrogen-bond donors (Lipinski definition) is 1. The van der Waals surface area contributed by atoms with Crippen LogP contribution in [0.5, 0.6) is 0 Å². The molecule has 2 unspecified atom stereocenters. The fourth-order valence-electron chi connectivity index (χ4n) is 2.36. The average Bonchev–Trinajstić information content (AvgIpc) is 2.81. The van der Waals surface area contributed by atoms with Crippen LogP contribution in [-0.2, 0) is 16.0 Å². The Hall–Kier alpha value is -1.36. The molecule has 0 saturated carbocycles. The van der Waals surface area contributed by atoms with E-state index in [4.69, 9.17) is 5.73 Å². The lowest BCUT2D eigenvalue weighted by Crippen LogP contribution is -2.49. The van der Waals surface area contributed by atoms with Gasteiger partial charge in [0.25, 0.3) is 0 Å². The molecule has 1 aromatic rings. The summed E-state index contributed by atoms with van der Waals surface area (Å²) in [5.74, 6) is -0.394. The largest absolute Gasteiger partial charge is 0.369 e. The number of hydrogen-bond acceptors (Lipinski definition) is 3. The molecule has 0 radical (unpaired) electrons. The van der Waals surface area contributed by atoms with Crippen LogP contribution in [0.1, 0.15) is 25.3 Å². The monoisotopic (exact) mass is 266 g/mol. The summed E-state index contributed by atoms with van der Waals surface area (Å²) in [4.78, 5) is 25.3. The number of amides is 2. The molecule has 2 N–H and O–H groups in total. The predicted octanol–water partition coefficient (Wildman–Crippen LogP) is 1.40. The highest BCUT2D eigenvalue weighted by Gasteiger charge is 2.31. The normalized spacial score (nSPS) is 23.9. The molecule has 5 heteroatoms. The minimum absolute atomic E-state index is 0.0897. The van der Waals surface area contributed by atoms with Crippen molar-refractivity contribution in [3.63, 3.8) is 0 Å². The van der Waals surface area contributed by atoms with Gasteiger partial charge in [-0.25, -0.2) is 0 Å². The maximum Gasteiger partial charge on any atom is 0.227 e. The zero-order valence-corrected chi connectivity index (χ0v) is 11.3. The molecular formula is C13H18N2O2S. The number of likely N-dealkylation sites (tertiary alicyclic amines) is 1. The first kappa shape index (κ1) is 13.1. The van der Waals surface area contributed by atoms with Crippen LogP contribution in [0.4, 0.5) is 0 Å². The second-order valence-corrected chi connectivity index (χ2v) is 5.66. The lowest BCUT2D eigenvalue weighted by molar-refractivity contribution is -0.136. The third-order valence-corrected chi connectivity index (χ3v) is 4.27. The fraction of sp³-hybridized carbons (Fsp3) is 0.538. The maximum absolute atomic E-state index is 12.2. The lowest BCUT2D eigenvalue weighted by atomic mass is 9.92. The van der Waals surface area contributed by atoms with Crippen LogP contribution in [0.2, 0.25) is 0 Å². The fourth-order valence-corrected chi connectivity index (χ4v) is 3.02. The Bertz CT molecular complexity index is 430. The van der Waals surface area contributed by atoms with Gasteiger partial charge in [0, 0.05) is 12.6 Å². The number of primary amides is 1. The Labute approximate surface area is 111 Å². The van der Waals surface area contributed by atoms with Crippen molar-refractivity contribution in [3.8, 4) is 0 Å². The van der Waals surface area contributed by atoms with Crippen molar-refractivity contribution in [1.29, 1.82) is 0 Å². The van der Waals surface area contributed by atoms with Gasteiger partial charge in [-0.05, 0) is 42.2 Å². The van der Waals surface area contributed by atoms with Gasteiger partial charge in [-0.1, -0.05) is 0 Å². The lowest BCUT2D eigenvalue weighted by Gasteiger charge is -2.37. The number of piperidine rings is 1. The van der Waals surface area contributed by atoms with E-state index in [1.165, 1.54) is 0 Å². The van der Waals surface area contributed by atoms with E-state index in [0.29, 0.717) is 13.0 Å². The molecule has 1 aliphatic rings. The maximum atomic E-state index is 12.2. The van der Waals surface area contributed by atoms with Crippen molar-refractivity contribution >= 4 is 23.2 Å². The molecule has 1 saturated heterocycles. The first-order chi connectivity index (χ1) is 8.58.